The Morgan fingerprint density at radius 3 is 2.63 bits per heavy atom. The smallest absolute Gasteiger partial charge is 0.265 e. The summed E-state index contributed by atoms with van der Waals surface area (Å²) in [6.45, 7) is 3.61. The molecule has 1 aromatic heterocycles. The van der Waals surface area contributed by atoms with Crippen molar-refractivity contribution in [2.24, 2.45) is 0 Å². The first kappa shape index (κ1) is 13.8. The zero-order valence-electron chi connectivity index (χ0n) is 11.3. The Labute approximate surface area is 116 Å². The summed E-state index contributed by atoms with van der Waals surface area (Å²) in [5, 5.41) is 10.7. The molecule has 19 heavy (non-hydrogen) atoms. The molecule has 0 aliphatic rings. The summed E-state index contributed by atoms with van der Waals surface area (Å²) in [7, 11) is 1.67. The largest absolute Gasteiger partial charge is 0.397 e. The number of benzene rings is 1. The van der Waals surface area contributed by atoms with E-state index in [0.717, 1.165) is 10.1 Å². The number of nitrogens with two attached hydrogens (primary N) is 1. The van der Waals surface area contributed by atoms with Crippen LogP contribution in [0.1, 0.15) is 23.5 Å². The molecule has 5 heteroatoms. The second kappa shape index (κ2) is 4.83. The quantitative estimate of drug-likeness (QED) is 0.905. The minimum Gasteiger partial charge on any atom is -0.397 e. The molecule has 2 aromatic rings. The van der Waals surface area contributed by atoms with Crippen LogP contribution >= 0.6 is 11.3 Å². The number of fused-ring (bicyclic) bond motifs is 1. The van der Waals surface area contributed by atoms with E-state index >= 15 is 0 Å². The normalized spacial score (nSPS) is 11.8. The fourth-order valence-corrected chi connectivity index (χ4v) is 3.17. The number of rotatable bonds is 3. The molecule has 0 fully saturated rings. The number of nitrogen functional groups attached to an aromatic ring is 1. The monoisotopic (exact) mass is 278 g/mol. The third-order valence-electron chi connectivity index (χ3n) is 2.80. The molecule has 0 atom stereocenters. The van der Waals surface area contributed by atoms with Crippen molar-refractivity contribution >= 4 is 33.0 Å². The van der Waals surface area contributed by atoms with Gasteiger partial charge in [0.1, 0.15) is 4.88 Å². The van der Waals surface area contributed by atoms with Gasteiger partial charge >= 0.3 is 0 Å². The van der Waals surface area contributed by atoms with Gasteiger partial charge in [-0.3, -0.25) is 4.79 Å². The van der Waals surface area contributed by atoms with Crippen LogP contribution in [0.5, 0.6) is 0 Å². The van der Waals surface area contributed by atoms with Crippen molar-refractivity contribution in [1.82, 2.24) is 4.90 Å². The van der Waals surface area contributed by atoms with Crippen LogP contribution in [-0.2, 0) is 0 Å². The molecule has 1 aromatic carbocycles. The fraction of sp³-hybridized carbons (Fsp3) is 0.357. The van der Waals surface area contributed by atoms with Crippen LogP contribution in [0.25, 0.3) is 10.1 Å². The van der Waals surface area contributed by atoms with Gasteiger partial charge in [0.05, 0.1) is 11.3 Å². The highest BCUT2D eigenvalue weighted by Crippen LogP contribution is 2.34. The third kappa shape index (κ3) is 2.88. The molecule has 102 valence electrons. The van der Waals surface area contributed by atoms with Crippen LogP contribution in [-0.4, -0.2) is 35.1 Å². The lowest BCUT2D eigenvalue weighted by molar-refractivity contribution is 0.0371. The van der Waals surface area contributed by atoms with Gasteiger partial charge in [0.25, 0.3) is 5.91 Å². The van der Waals surface area contributed by atoms with Crippen molar-refractivity contribution in [2.75, 3.05) is 19.3 Å². The Morgan fingerprint density at radius 1 is 1.42 bits per heavy atom. The van der Waals surface area contributed by atoms with E-state index in [4.69, 9.17) is 5.73 Å². The zero-order chi connectivity index (χ0) is 14.2. The van der Waals surface area contributed by atoms with Gasteiger partial charge in [-0.05, 0) is 19.9 Å². The Bertz CT molecular complexity index is 613. The molecule has 0 spiro atoms. The SMILES string of the molecule is CN(CC(C)(C)O)C(=O)c1sc2ccccc2c1N. The lowest BCUT2D eigenvalue weighted by atomic mass is 10.1. The summed E-state index contributed by atoms with van der Waals surface area (Å²) in [5.74, 6) is -0.152. The van der Waals surface area contributed by atoms with Crippen LogP contribution in [0.4, 0.5) is 5.69 Å². The molecule has 1 amide bonds. The number of carbonyl (C=O) groups is 1. The van der Waals surface area contributed by atoms with Gasteiger partial charge in [0.15, 0.2) is 0 Å². The van der Waals surface area contributed by atoms with Crippen LogP contribution in [0, 0.1) is 0 Å². The standard InChI is InChI=1S/C14H18N2O2S/c1-14(2,18)8-16(3)13(17)12-11(15)9-6-4-5-7-10(9)19-12/h4-7,18H,8,15H2,1-3H3. The first-order valence-corrected chi connectivity index (χ1v) is 6.86. The van der Waals surface area contributed by atoms with Gasteiger partial charge < -0.3 is 15.7 Å². The van der Waals surface area contributed by atoms with Crippen molar-refractivity contribution < 1.29 is 9.90 Å². The van der Waals surface area contributed by atoms with Crippen LogP contribution in [0.2, 0.25) is 0 Å². The van der Waals surface area contributed by atoms with Gasteiger partial charge in [-0.25, -0.2) is 0 Å². The van der Waals surface area contributed by atoms with E-state index in [2.05, 4.69) is 0 Å². The van der Waals surface area contributed by atoms with Crippen molar-refractivity contribution in [3.63, 3.8) is 0 Å². The molecule has 0 radical (unpaired) electrons. The molecule has 0 saturated heterocycles. The first-order valence-electron chi connectivity index (χ1n) is 6.04. The summed E-state index contributed by atoms with van der Waals surface area (Å²) in [5.41, 5.74) is 5.64. The Morgan fingerprint density at radius 2 is 2.05 bits per heavy atom. The summed E-state index contributed by atoms with van der Waals surface area (Å²) in [4.78, 5) is 14.4. The lowest BCUT2D eigenvalue weighted by Crippen LogP contribution is -2.39. The van der Waals surface area contributed by atoms with Gasteiger partial charge in [-0.1, -0.05) is 18.2 Å². The van der Waals surface area contributed by atoms with Crippen molar-refractivity contribution in [3.8, 4) is 0 Å². The topological polar surface area (TPSA) is 66.6 Å². The number of aliphatic hydroxyl groups is 1. The molecule has 1 heterocycles. The zero-order valence-corrected chi connectivity index (χ0v) is 12.1. The van der Waals surface area contributed by atoms with Gasteiger partial charge in [-0.2, -0.15) is 0 Å². The minimum atomic E-state index is -0.921. The lowest BCUT2D eigenvalue weighted by Gasteiger charge is -2.25. The highest BCUT2D eigenvalue weighted by Gasteiger charge is 2.23. The van der Waals surface area contributed by atoms with E-state index in [-0.39, 0.29) is 12.5 Å². The molecular formula is C14H18N2O2S. The van der Waals surface area contributed by atoms with Crippen LogP contribution in [0.3, 0.4) is 0 Å². The maximum Gasteiger partial charge on any atom is 0.265 e. The van der Waals surface area contributed by atoms with Gasteiger partial charge in [0.2, 0.25) is 0 Å². The molecule has 0 bridgehead atoms. The maximum atomic E-state index is 12.4. The van der Waals surface area contributed by atoms with E-state index < -0.39 is 5.60 Å². The number of amides is 1. The predicted molar refractivity (Wildman–Crippen MR) is 79.5 cm³/mol. The van der Waals surface area contributed by atoms with E-state index in [0.29, 0.717) is 10.6 Å². The van der Waals surface area contributed by atoms with Crippen molar-refractivity contribution in [2.45, 2.75) is 19.4 Å². The first-order chi connectivity index (χ1) is 8.79. The molecular weight excluding hydrogens is 260 g/mol. The van der Waals surface area contributed by atoms with Crippen molar-refractivity contribution in [1.29, 1.82) is 0 Å². The van der Waals surface area contributed by atoms with E-state index in [9.17, 15) is 9.90 Å². The summed E-state index contributed by atoms with van der Waals surface area (Å²) < 4.78 is 1.00. The van der Waals surface area contributed by atoms with E-state index in [1.807, 2.05) is 24.3 Å². The molecule has 0 saturated carbocycles. The number of hydrogen-bond donors (Lipinski definition) is 2. The highest BCUT2D eigenvalue weighted by atomic mass is 32.1. The highest BCUT2D eigenvalue weighted by molar-refractivity contribution is 7.21. The molecule has 0 aliphatic heterocycles. The molecule has 4 nitrogen and oxygen atoms in total. The van der Waals surface area contributed by atoms with Gasteiger partial charge in [0, 0.05) is 23.7 Å². The Hall–Kier alpha value is -1.59. The number of nitrogens with zero attached hydrogens (tertiary/aromatic N) is 1. The number of hydrogen-bond acceptors (Lipinski definition) is 4. The molecule has 0 aliphatic carbocycles. The summed E-state index contributed by atoms with van der Waals surface area (Å²) in [6, 6.07) is 7.68. The van der Waals surface area contributed by atoms with Crippen LogP contribution < -0.4 is 5.73 Å². The average Bonchev–Trinajstić information content (AvgIpc) is 2.64. The van der Waals surface area contributed by atoms with Gasteiger partial charge in [-0.15, -0.1) is 11.3 Å². The van der Waals surface area contributed by atoms with Crippen molar-refractivity contribution in [3.05, 3.63) is 29.1 Å². The fourth-order valence-electron chi connectivity index (χ4n) is 2.05. The Balaban J connectivity index is 2.34. The molecule has 3 N–H and O–H groups in total. The summed E-state index contributed by atoms with van der Waals surface area (Å²) in [6.07, 6.45) is 0. The maximum absolute atomic E-state index is 12.4. The second-order valence-corrected chi connectivity index (χ2v) is 6.37. The third-order valence-corrected chi connectivity index (χ3v) is 3.97. The van der Waals surface area contributed by atoms with E-state index in [1.165, 1.54) is 16.2 Å². The number of carbonyl (C=O) groups excluding carboxylic acids is 1. The molecule has 2 rings (SSSR count). The Kier molecular flexibility index (Phi) is 3.52. The number of likely N-dealkylation sites (N-methyl/N-ethyl adjacent to an activating group) is 1. The second-order valence-electron chi connectivity index (χ2n) is 5.31. The summed E-state index contributed by atoms with van der Waals surface area (Å²) >= 11 is 1.39. The number of thiophene rings is 1. The molecule has 0 unspecified atom stereocenters. The van der Waals surface area contributed by atoms with Crippen LogP contribution in [0.15, 0.2) is 24.3 Å². The number of anilines is 1. The minimum absolute atomic E-state index is 0.152. The average molecular weight is 278 g/mol. The van der Waals surface area contributed by atoms with E-state index in [1.54, 1.807) is 20.9 Å². The predicted octanol–water partition coefficient (Wildman–Crippen LogP) is 2.33.